The molecule has 3 aromatic rings. The fourth-order valence-corrected chi connectivity index (χ4v) is 2.09. The molecular weight excluding hydrogens is 298 g/mol. The van der Waals surface area contributed by atoms with Crippen molar-refractivity contribution in [1.82, 2.24) is 9.55 Å². The number of nitrogens with one attached hydrogen (secondary N) is 1. The van der Waals surface area contributed by atoms with Crippen molar-refractivity contribution in [3.05, 3.63) is 71.2 Å². The highest BCUT2D eigenvalue weighted by molar-refractivity contribution is 6.01. The molecule has 0 saturated carbocycles. The average molecular weight is 311 g/mol. The van der Waals surface area contributed by atoms with E-state index in [4.69, 9.17) is 9.15 Å². The molecule has 0 unspecified atom stereocenters. The molecule has 23 heavy (non-hydrogen) atoms. The Hall–Kier alpha value is -3.35. The SMILES string of the molecule is COc1ccccc1-n1ccnc(NC(=O)c2ccco2)c1=O. The Balaban J connectivity index is 1.99. The lowest BCUT2D eigenvalue weighted by atomic mass is 10.3. The summed E-state index contributed by atoms with van der Waals surface area (Å²) in [7, 11) is 1.52. The van der Waals surface area contributed by atoms with Gasteiger partial charge < -0.3 is 9.15 Å². The molecule has 0 atom stereocenters. The topological polar surface area (TPSA) is 86.4 Å². The maximum Gasteiger partial charge on any atom is 0.298 e. The summed E-state index contributed by atoms with van der Waals surface area (Å²) in [6.45, 7) is 0. The number of ether oxygens (including phenoxy) is 1. The van der Waals surface area contributed by atoms with Crippen LogP contribution in [0.1, 0.15) is 10.6 Å². The summed E-state index contributed by atoms with van der Waals surface area (Å²) in [6.07, 6.45) is 4.30. The third-order valence-electron chi connectivity index (χ3n) is 3.16. The number of nitrogens with zero attached hydrogens (tertiary/aromatic N) is 2. The largest absolute Gasteiger partial charge is 0.495 e. The zero-order chi connectivity index (χ0) is 16.2. The van der Waals surface area contributed by atoms with Gasteiger partial charge in [0, 0.05) is 12.4 Å². The van der Waals surface area contributed by atoms with Crippen molar-refractivity contribution in [2.75, 3.05) is 12.4 Å². The van der Waals surface area contributed by atoms with E-state index >= 15 is 0 Å². The first kappa shape index (κ1) is 14.6. The molecule has 2 heterocycles. The Morgan fingerprint density at radius 3 is 2.83 bits per heavy atom. The first-order valence-corrected chi connectivity index (χ1v) is 6.76. The zero-order valence-corrected chi connectivity index (χ0v) is 12.2. The maximum atomic E-state index is 12.5. The second-order valence-corrected chi connectivity index (χ2v) is 4.55. The molecule has 0 radical (unpaired) electrons. The number of aromatic nitrogens is 2. The molecule has 1 amide bonds. The fourth-order valence-electron chi connectivity index (χ4n) is 2.09. The van der Waals surface area contributed by atoms with Crippen molar-refractivity contribution in [3.8, 4) is 11.4 Å². The minimum absolute atomic E-state index is 0.0962. The molecule has 7 nitrogen and oxygen atoms in total. The third kappa shape index (κ3) is 2.84. The number of para-hydroxylation sites is 2. The van der Waals surface area contributed by atoms with Gasteiger partial charge in [-0.2, -0.15) is 0 Å². The molecule has 0 saturated heterocycles. The summed E-state index contributed by atoms with van der Waals surface area (Å²) >= 11 is 0. The molecule has 0 aliphatic rings. The van der Waals surface area contributed by atoms with Crippen molar-refractivity contribution in [1.29, 1.82) is 0 Å². The van der Waals surface area contributed by atoms with E-state index in [-0.39, 0.29) is 11.6 Å². The summed E-state index contributed by atoms with van der Waals surface area (Å²) in [4.78, 5) is 28.4. The molecule has 2 aromatic heterocycles. The lowest BCUT2D eigenvalue weighted by Crippen LogP contribution is -2.26. The van der Waals surface area contributed by atoms with E-state index in [1.165, 1.54) is 36.4 Å². The van der Waals surface area contributed by atoms with Crippen molar-refractivity contribution in [2.45, 2.75) is 0 Å². The third-order valence-corrected chi connectivity index (χ3v) is 3.16. The lowest BCUT2D eigenvalue weighted by molar-refractivity contribution is 0.0996. The number of methoxy groups -OCH3 is 1. The van der Waals surface area contributed by atoms with Crippen LogP contribution in [0, 0.1) is 0 Å². The van der Waals surface area contributed by atoms with E-state index < -0.39 is 11.5 Å². The normalized spacial score (nSPS) is 10.3. The molecule has 0 spiro atoms. The predicted molar refractivity (Wildman–Crippen MR) is 83.0 cm³/mol. The van der Waals surface area contributed by atoms with Gasteiger partial charge in [-0.25, -0.2) is 4.98 Å². The van der Waals surface area contributed by atoms with E-state index in [9.17, 15) is 9.59 Å². The minimum Gasteiger partial charge on any atom is -0.495 e. The smallest absolute Gasteiger partial charge is 0.298 e. The van der Waals surface area contributed by atoms with Gasteiger partial charge in [0.05, 0.1) is 19.1 Å². The fraction of sp³-hybridized carbons (Fsp3) is 0.0625. The summed E-state index contributed by atoms with van der Waals surface area (Å²) in [5.41, 5.74) is 0.0767. The second kappa shape index (κ2) is 6.18. The van der Waals surface area contributed by atoms with Crippen molar-refractivity contribution >= 4 is 11.7 Å². The molecule has 116 valence electrons. The van der Waals surface area contributed by atoms with Gasteiger partial charge in [0.2, 0.25) is 0 Å². The van der Waals surface area contributed by atoms with E-state index in [0.717, 1.165) is 0 Å². The van der Waals surface area contributed by atoms with E-state index in [1.807, 2.05) is 0 Å². The van der Waals surface area contributed by atoms with Gasteiger partial charge in [-0.05, 0) is 24.3 Å². The van der Waals surface area contributed by atoms with Gasteiger partial charge in [-0.3, -0.25) is 19.5 Å². The summed E-state index contributed by atoms with van der Waals surface area (Å²) in [6, 6.07) is 10.1. The Labute approximate surface area is 131 Å². The van der Waals surface area contributed by atoms with Crippen molar-refractivity contribution in [2.24, 2.45) is 0 Å². The number of benzene rings is 1. The number of amides is 1. The number of anilines is 1. The standard InChI is InChI=1S/C16H13N3O4/c1-22-12-6-3-2-5-11(12)19-9-8-17-14(16(19)21)18-15(20)13-7-4-10-23-13/h2-10H,1H3,(H,17,18,20). The maximum absolute atomic E-state index is 12.5. The monoisotopic (exact) mass is 311 g/mol. The van der Waals surface area contributed by atoms with Gasteiger partial charge in [-0.15, -0.1) is 0 Å². The summed E-state index contributed by atoms with van der Waals surface area (Å²) in [5.74, 6) is -0.0137. The van der Waals surface area contributed by atoms with Crippen molar-refractivity contribution in [3.63, 3.8) is 0 Å². The van der Waals surface area contributed by atoms with Gasteiger partial charge in [0.1, 0.15) is 5.75 Å². The van der Waals surface area contributed by atoms with Crippen LogP contribution in [0.2, 0.25) is 0 Å². The van der Waals surface area contributed by atoms with Crippen LogP contribution < -0.4 is 15.6 Å². The van der Waals surface area contributed by atoms with Crippen molar-refractivity contribution < 1.29 is 13.9 Å². The summed E-state index contributed by atoms with van der Waals surface area (Å²) < 4.78 is 11.6. The summed E-state index contributed by atoms with van der Waals surface area (Å²) in [5, 5.41) is 2.44. The predicted octanol–water partition coefficient (Wildman–Crippen LogP) is 2.09. The number of furan rings is 1. The Morgan fingerprint density at radius 2 is 2.09 bits per heavy atom. The molecule has 0 fully saturated rings. The quantitative estimate of drug-likeness (QED) is 0.797. The van der Waals surface area contributed by atoms with E-state index in [0.29, 0.717) is 11.4 Å². The number of carbonyl (C=O) groups excluding carboxylic acids is 1. The molecule has 3 rings (SSSR count). The first-order chi connectivity index (χ1) is 11.2. The van der Waals surface area contributed by atoms with E-state index in [1.54, 1.807) is 30.3 Å². The van der Waals surface area contributed by atoms with Gasteiger partial charge in [0.15, 0.2) is 11.6 Å². The minimum atomic E-state index is -0.544. The van der Waals surface area contributed by atoms with Gasteiger partial charge in [-0.1, -0.05) is 12.1 Å². The van der Waals surface area contributed by atoms with Crippen LogP contribution in [0.3, 0.4) is 0 Å². The van der Waals surface area contributed by atoms with Crippen LogP contribution in [0.4, 0.5) is 5.82 Å². The van der Waals surface area contributed by atoms with E-state index in [2.05, 4.69) is 10.3 Å². The zero-order valence-electron chi connectivity index (χ0n) is 12.2. The van der Waals surface area contributed by atoms with Crippen LogP contribution in [-0.4, -0.2) is 22.6 Å². The number of hydrogen-bond donors (Lipinski definition) is 1. The molecule has 1 N–H and O–H groups in total. The highest BCUT2D eigenvalue weighted by Crippen LogP contribution is 2.20. The Kier molecular flexibility index (Phi) is 3.92. The highest BCUT2D eigenvalue weighted by Gasteiger charge is 2.14. The van der Waals surface area contributed by atoms with Crippen LogP contribution >= 0.6 is 0 Å². The van der Waals surface area contributed by atoms with Crippen LogP contribution in [-0.2, 0) is 0 Å². The molecule has 0 aliphatic carbocycles. The van der Waals surface area contributed by atoms with Gasteiger partial charge >= 0.3 is 0 Å². The average Bonchev–Trinajstić information content (AvgIpc) is 3.11. The Bertz CT molecular complexity index is 884. The number of rotatable bonds is 4. The van der Waals surface area contributed by atoms with Gasteiger partial charge in [0.25, 0.3) is 11.5 Å². The van der Waals surface area contributed by atoms with Crippen LogP contribution in [0.25, 0.3) is 5.69 Å². The molecule has 7 heteroatoms. The molecule has 0 bridgehead atoms. The molecule has 1 aromatic carbocycles. The molecule has 0 aliphatic heterocycles. The van der Waals surface area contributed by atoms with Crippen LogP contribution in [0.5, 0.6) is 5.75 Å². The highest BCUT2D eigenvalue weighted by atomic mass is 16.5. The molecular formula is C16H13N3O4. The van der Waals surface area contributed by atoms with Crippen LogP contribution in [0.15, 0.2) is 64.3 Å². The number of hydrogen-bond acceptors (Lipinski definition) is 5. The number of carbonyl (C=O) groups is 1. The second-order valence-electron chi connectivity index (χ2n) is 4.55. The Morgan fingerprint density at radius 1 is 1.26 bits per heavy atom. The lowest BCUT2D eigenvalue weighted by Gasteiger charge is -2.11. The first-order valence-electron chi connectivity index (χ1n) is 6.76.